The third-order valence-corrected chi connectivity index (χ3v) is 5.80. The number of esters is 1. The number of rotatable bonds is 9. The van der Waals surface area contributed by atoms with E-state index < -0.39 is 24.4 Å². The van der Waals surface area contributed by atoms with Gasteiger partial charge in [-0.2, -0.15) is 0 Å². The lowest BCUT2D eigenvalue weighted by Crippen LogP contribution is -2.28. The number of nitrogens with zero attached hydrogens (tertiary/aromatic N) is 1. The van der Waals surface area contributed by atoms with Crippen molar-refractivity contribution in [2.45, 2.75) is 13.3 Å². The van der Waals surface area contributed by atoms with Crippen molar-refractivity contribution in [2.75, 3.05) is 30.5 Å². The second kappa shape index (κ2) is 11.4. The number of carbonyl (C=O) groups excluding carboxylic acids is 4. The summed E-state index contributed by atoms with van der Waals surface area (Å²) >= 11 is 0. The van der Waals surface area contributed by atoms with Crippen molar-refractivity contribution in [3.05, 3.63) is 78.4 Å². The summed E-state index contributed by atoms with van der Waals surface area (Å²) in [6.07, 6.45) is -0.00872. The van der Waals surface area contributed by atoms with Crippen LogP contribution >= 0.6 is 0 Å². The molecule has 0 bridgehead atoms. The quantitative estimate of drug-likeness (QED) is 0.344. The van der Waals surface area contributed by atoms with Gasteiger partial charge in [-0.15, -0.1) is 0 Å². The first-order chi connectivity index (χ1) is 17.8. The van der Waals surface area contributed by atoms with E-state index in [0.717, 1.165) is 5.75 Å². The Kier molecular flexibility index (Phi) is 7.83. The van der Waals surface area contributed by atoms with E-state index in [0.29, 0.717) is 28.4 Å². The van der Waals surface area contributed by atoms with E-state index in [2.05, 4.69) is 5.32 Å². The molecule has 190 valence electrons. The number of ketones is 1. The Hall–Kier alpha value is -4.66. The monoisotopic (exact) mass is 502 g/mol. The standard InChI is InChI=1S/C28H26N2O7/c1-18(31)19-4-3-5-21(14-19)29-26(32)17-36-28(34)20-15-27(33)30(16-20)22-6-8-24(9-7-22)37-25-12-10-23(35-2)11-13-25/h3-14,20H,15-17H2,1-2H3,(H,29,32)/t20-/m1/s1. The lowest BCUT2D eigenvalue weighted by atomic mass is 10.1. The summed E-state index contributed by atoms with van der Waals surface area (Å²) < 4.78 is 16.1. The molecule has 1 saturated heterocycles. The van der Waals surface area contributed by atoms with Crippen LogP contribution in [0.1, 0.15) is 23.7 Å². The normalized spacial score (nSPS) is 14.7. The molecule has 9 heteroatoms. The Balaban J connectivity index is 1.28. The van der Waals surface area contributed by atoms with Gasteiger partial charge in [-0.3, -0.25) is 19.2 Å². The molecule has 1 atom stereocenters. The minimum absolute atomic E-state index is 0.00872. The average Bonchev–Trinajstić information content (AvgIpc) is 3.30. The molecule has 0 saturated carbocycles. The molecule has 0 unspecified atom stereocenters. The maximum atomic E-state index is 12.6. The predicted octanol–water partition coefficient (Wildman–Crippen LogP) is 4.22. The molecule has 3 aromatic carbocycles. The second-order valence-electron chi connectivity index (χ2n) is 8.47. The van der Waals surface area contributed by atoms with Gasteiger partial charge in [0, 0.05) is 29.9 Å². The number of hydrogen-bond donors (Lipinski definition) is 1. The summed E-state index contributed by atoms with van der Waals surface area (Å²) in [5, 5.41) is 2.59. The van der Waals surface area contributed by atoms with Crippen molar-refractivity contribution >= 4 is 34.9 Å². The van der Waals surface area contributed by atoms with Crippen molar-refractivity contribution in [1.29, 1.82) is 0 Å². The van der Waals surface area contributed by atoms with Gasteiger partial charge in [0.1, 0.15) is 17.2 Å². The average molecular weight is 503 g/mol. The maximum Gasteiger partial charge on any atom is 0.311 e. The lowest BCUT2D eigenvalue weighted by Gasteiger charge is -2.17. The second-order valence-corrected chi connectivity index (χ2v) is 8.47. The largest absolute Gasteiger partial charge is 0.497 e. The summed E-state index contributed by atoms with van der Waals surface area (Å²) in [7, 11) is 1.59. The van der Waals surface area contributed by atoms with Gasteiger partial charge in [0.05, 0.1) is 13.0 Å². The van der Waals surface area contributed by atoms with E-state index in [1.807, 2.05) is 0 Å². The number of anilines is 2. The highest BCUT2D eigenvalue weighted by Crippen LogP contribution is 2.29. The van der Waals surface area contributed by atoms with Crippen LogP contribution in [0.2, 0.25) is 0 Å². The highest BCUT2D eigenvalue weighted by molar-refractivity contribution is 6.00. The Morgan fingerprint density at radius 1 is 0.946 bits per heavy atom. The zero-order chi connectivity index (χ0) is 26.4. The van der Waals surface area contributed by atoms with Gasteiger partial charge in [-0.25, -0.2) is 0 Å². The lowest BCUT2D eigenvalue weighted by molar-refractivity contribution is -0.151. The fourth-order valence-corrected chi connectivity index (χ4v) is 3.86. The smallest absolute Gasteiger partial charge is 0.311 e. The van der Waals surface area contributed by atoms with Gasteiger partial charge >= 0.3 is 5.97 Å². The summed E-state index contributed by atoms with van der Waals surface area (Å²) in [5.74, 6) is -0.222. The first kappa shape index (κ1) is 25.4. The maximum absolute atomic E-state index is 12.6. The first-order valence-corrected chi connectivity index (χ1v) is 11.6. The van der Waals surface area contributed by atoms with Gasteiger partial charge in [-0.05, 0) is 67.6 Å². The molecular formula is C28H26N2O7. The van der Waals surface area contributed by atoms with E-state index in [4.69, 9.17) is 14.2 Å². The zero-order valence-electron chi connectivity index (χ0n) is 20.4. The van der Waals surface area contributed by atoms with Gasteiger partial charge in [0.25, 0.3) is 5.91 Å². The van der Waals surface area contributed by atoms with Crippen molar-refractivity contribution in [1.82, 2.24) is 0 Å². The van der Waals surface area contributed by atoms with E-state index >= 15 is 0 Å². The van der Waals surface area contributed by atoms with Crippen LogP contribution in [0.5, 0.6) is 17.2 Å². The Morgan fingerprint density at radius 3 is 2.24 bits per heavy atom. The van der Waals surface area contributed by atoms with Crippen LogP contribution in [0.3, 0.4) is 0 Å². The first-order valence-electron chi connectivity index (χ1n) is 11.6. The van der Waals surface area contributed by atoms with Gasteiger partial charge < -0.3 is 24.4 Å². The number of ether oxygens (including phenoxy) is 3. The number of benzene rings is 3. The van der Waals surface area contributed by atoms with Crippen LogP contribution in [-0.4, -0.2) is 43.8 Å². The van der Waals surface area contributed by atoms with Crippen molar-refractivity contribution in [3.8, 4) is 17.2 Å². The molecule has 1 heterocycles. The van der Waals surface area contributed by atoms with Crippen molar-refractivity contribution in [3.63, 3.8) is 0 Å². The van der Waals surface area contributed by atoms with Crippen molar-refractivity contribution < 1.29 is 33.4 Å². The topological polar surface area (TPSA) is 111 Å². The molecule has 1 aliphatic rings. The molecule has 4 rings (SSSR count). The number of amides is 2. The number of carbonyl (C=O) groups is 4. The van der Waals surface area contributed by atoms with Gasteiger partial charge in [0.15, 0.2) is 12.4 Å². The Bertz CT molecular complexity index is 1300. The van der Waals surface area contributed by atoms with Crippen LogP contribution in [0.15, 0.2) is 72.8 Å². The molecular weight excluding hydrogens is 476 g/mol. The minimum atomic E-state index is -0.684. The Morgan fingerprint density at radius 2 is 1.59 bits per heavy atom. The van der Waals surface area contributed by atoms with E-state index in [-0.39, 0.29) is 24.7 Å². The summed E-state index contributed by atoms with van der Waals surface area (Å²) in [6, 6.07) is 20.6. The highest BCUT2D eigenvalue weighted by Gasteiger charge is 2.36. The molecule has 1 aliphatic heterocycles. The Labute approximate surface area is 213 Å². The van der Waals surface area contributed by atoms with Crippen LogP contribution in [0.25, 0.3) is 0 Å². The predicted molar refractivity (Wildman–Crippen MR) is 136 cm³/mol. The molecule has 0 aliphatic carbocycles. The molecule has 1 N–H and O–H groups in total. The van der Waals surface area contributed by atoms with Crippen LogP contribution < -0.4 is 19.7 Å². The third-order valence-electron chi connectivity index (χ3n) is 5.80. The molecule has 1 fully saturated rings. The number of Topliss-reactive ketones (excluding diaryl/α,β-unsaturated/α-hetero) is 1. The van der Waals surface area contributed by atoms with E-state index in [9.17, 15) is 19.2 Å². The highest BCUT2D eigenvalue weighted by atomic mass is 16.5. The molecule has 0 spiro atoms. The van der Waals surface area contributed by atoms with E-state index in [1.54, 1.807) is 79.9 Å². The van der Waals surface area contributed by atoms with Gasteiger partial charge in [0.2, 0.25) is 5.91 Å². The SMILES string of the molecule is COc1ccc(Oc2ccc(N3C[C@H](C(=O)OCC(=O)Nc4cccc(C(C)=O)c4)CC3=O)cc2)cc1. The fraction of sp³-hybridized carbons (Fsp3) is 0.214. The molecule has 9 nitrogen and oxygen atoms in total. The molecule has 37 heavy (non-hydrogen) atoms. The zero-order valence-corrected chi connectivity index (χ0v) is 20.4. The van der Waals surface area contributed by atoms with Crippen molar-refractivity contribution in [2.24, 2.45) is 5.92 Å². The van der Waals surface area contributed by atoms with Crippen LogP contribution in [-0.2, 0) is 19.1 Å². The van der Waals surface area contributed by atoms with Crippen LogP contribution in [0, 0.1) is 5.92 Å². The summed E-state index contributed by atoms with van der Waals surface area (Å²) in [5.41, 5.74) is 1.51. The summed E-state index contributed by atoms with van der Waals surface area (Å²) in [6.45, 7) is 1.09. The fourth-order valence-electron chi connectivity index (χ4n) is 3.86. The van der Waals surface area contributed by atoms with E-state index in [1.165, 1.54) is 11.8 Å². The molecule has 0 radical (unpaired) electrons. The molecule has 0 aromatic heterocycles. The molecule has 3 aromatic rings. The number of methoxy groups -OCH3 is 1. The molecule has 2 amide bonds. The minimum Gasteiger partial charge on any atom is -0.497 e. The summed E-state index contributed by atoms with van der Waals surface area (Å²) in [4.78, 5) is 50.3. The number of hydrogen-bond acceptors (Lipinski definition) is 7. The third kappa shape index (κ3) is 6.52. The van der Waals surface area contributed by atoms with Crippen LogP contribution in [0.4, 0.5) is 11.4 Å². The number of nitrogens with one attached hydrogen (secondary N) is 1. The van der Waals surface area contributed by atoms with Gasteiger partial charge in [-0.1, -0.05) is 12.1 Å².